The third kappa shape index (κ3) is 3.39. The molecule has 0 saturated heterocycles. The third-order valence-electron chi connectivity index (χ3n) is 4.47. The van der Waals surface area contributed by atoms with E-state index >= 15 is 0 Å². The van der Waals surface area contributed by atoms with E-state index in [4.69, 9.17) is 10.5 Å². The predicted molar refractivity (Wildman–Crippen MR) is 111 cm³/mol. The van der Waals surface area contributed by atoms with E-state index in [9.17, 15) is 4.79 Å². The molecule has 0 bridgehead atoms. The maximum absolute atomic E-state index is 12.1. The minimum Gasteiger partial charge on any atom is -0.497 e. The van der Waals surface area contributed by atoms with Crippen LogP contribution in [0.3, 0.4) is 0 Å². The molecule has 0 saturated carbocycles. The number of ether oxygens (including phenoxy) is 1. The molecule has 140 valence electrons. The molecule has 0 radical (unpaired) electrons. The van der Waals surface area contributed by atoms with E-state index in [0.29, 0.717) is 5.82 Å². The second-order valence-corrected chi connectivity index (χ2v) is 7.03. The van der Waals surface area contributed by atoms with Gasteiger partial charge >= 0.3 is 0 Å². The number of hydrogen-bond acceptors (Lipinski definition) is 6. The van der Waals surface area contributed by atoms with Gasteiger partial charge in [-0.15, -0.1) is 11.3 Å². The molecule has 3 N–H and O–H groups in total. The molecular weight excluding hydrogens is 372 g/mol. The van der Waals surface area contributed by atoms with Gasteiger partial charge in [-0.3, -0.25) is 4.79 Å². The van der Waals surface area contributed by atoms with Gasteiger partial charge in [-0.25, -0.2) is 9.97 Å². The van der Waals surface area contributed by atoms with Crippen molar-refractivity contribution in [3.05, 3.63) is 71.9 Å². The number of anilines is 1. The van der Waals surface area contributed by atoms with Gasteiger partial charge in [0.2, 0.25) is 5.91 Å². The molecule has 0 aliphatic carbocycles. The van der Waals surface area contributed by atoms with Crippen molar-refractivity contribution < 1.29 is 9.53 Å². The normalized spacial score (nSPS) is 11.9. The second-order valence-electron chi connectivity index (χ2n) is 6.17. The largest absolute Gasteiger partial charge is 0.497 e. The van der Waals surface area contributed by atoms with Crippen LogP contribution in [0.2, 0.25) is 0 Å². The molecule has 2 heterocycles. The van der Waals surface area contributed by atoms with Crippen LogP contribution in [0.25, 0.3) is 21.3 Å². The topological polar surface area (TPSA) is 90.1 Å². The molecule has 28 heavy (non-hydrogen) atoms. The van der Waals surface area contributed by atoms with Gasteiger partial charge in [-0.05, 0) is 23.3 Å². The van der Waals surface area contributed by atoms with Crippen molar-refractivity contribution in [3.63, 3.8) is 0 Å². The molecule has 0 aliphatic rings. The van der Waals surface area contributed by atoms with Crippen molar-refractivity contribution in [1.29, 1.82) is 0 Å². The quantitative estimate of drug-likeness (QED) is 0.519. The molecule has 4 aromatic rings. The molecule has 4 rings (SSSR count). The molecule has 7 heteroatoms. The zero-order chi connectivity index (χ0) is 19.5. The Hall–Kier alpha value is -3.45. The number of benzene rings is 2. The Morgan fingerprint density at radius 3 is 2.54 bits per heavy atom. The van der Waals surface area contributed by atoms with Gasteiger partial charge in [0.25, 0.3) is 0 Å². The zero-order valence-electron chi connectivity index (χ0n) is 15.1. The number of aromatic nitrogens is 2. The minimum atomic E-state index is -0.692. The highest BCUT2D eigenvalue weighted by Gasteiger charge is 2.21. The van der Waals surface area contributed by atoms with Crippen LogP contribution in [0.4, 0.5) is 5.82 Å². The molecule has 1 atom stereocenters. The van der Waals surface area contributed by atoms with E-state index in [2.05, 4.69) is 15.3 Å². The number of primary amides is 1. The third-order valence-corrected chi connectivity index (χ3v) is 5.36. The molecule has 0 unspecified atom stereocenters. The first-order valence-electron chi connectivity index (χ1n) is 8.65. The lowest BCUT2D eigenvalue weighted by Gasteiger charge is -2.17. The number of hydrogen-bond donors (Lipinski definition) is 2. The number of amides is 1. The van der Waals surface area contributed by atoms with Gasteiger partial charge in [0, 0.05) is 10.9 Å². The average molecular weight is 390 g/mol. The predicted octanol–water partition coefficient (Wildman–Crippen LogP) is 4.01. The Labute approximate surface area is 166 Å². The maximum atomic E-state index is 12.1. The smallest absolute Gasteiger partial charge is 0.244 e. The molecule has 0 aliphatic heterocycles. The van der Waals surface area contributed by atoms with Gasteiger partial charge in [0.15, 0.2) is 0 Å². The average Bonchev–Trinajstić information content (AvgIpc) is 3.17. The van der Waals surface area contributed by atoms with Crippen LogP contribution >= 0.6 is 11.3 Å². The standard InChI is InChI=1S/C21H18N4O2S/c1-27-15-9-7-13(8-10-15)16-11-28-21-17(16)20(23-12-24-21)25-18(19(22)26)14-5-3-2-4-6-14/h2-12,18H,1H3,(H2,22,26)(H,23,24,25)/t18-/m1/s1. The van der Waals surface area contributed by atoms with Crippen molar-refractivity contribution in [3.8, 4) is 16.9 Å². The SMILES string of the molecule is COc1ccc(-c2csc3ncnc(N[C@@H](C(N)=O)c4ccccc4)c23)cc1. The summed E-state index contributed by atoms with van der Waals surface area (Å²) in [6, 6.07) is 16.5. The van der Waals surface area contributed by atoms with Crippen molar-refractivity contribution in [1.82, 2.24) is 9.97 Å². The first kappa shape index (κ1) is 17.9. The van der Waals surface area contributed by atoms with Crippen LogP contribution in [0.1, 0.15) is 11.6 Å². The molecular formula is C21H18N4O2S. The molecule has 0 fully saturated rings. The van der Waals surface area contributed by atoms with Crippen LogP contribution in [-0.2, 0) is 4.79 Å². The minimum absolute atomic E-state index is 0.473. The Bertz CT molecular complexity index is 1110. The first-order chi connectivity index (χ1) is 13.7. The summed E-state index contributed by atoms with van der Waals surface area (Å²) >= 11 is 1.53. The number of methoxy groups -OCH3 is 1. The van der Waals surface area contributed by atoms with E-state index in [1.165, 1.54) is 17.7 Å². The van der Waals surface area contributed by atoms with Crippen LogP contribution in [0.5, 0.6) is 5.75 Å². The number of rotatable bonds is 6. The lowest BCUT2D eigenvalue weighted by atomic mass is 10.0. The van der Waals surface area contributed by atoms with Crippen molar-refractivity contribution in [2.24, 2.45) is 5.73 Å². The lowest BCUT2D eigenvalue weighted by molar-refractivity contribution is -0.118. The highest BCUT2D eigenvalue weighted by atomic mass is 32.1. The summed E-state index contributed by atoms with van der Waals surface area (Å²) in [7, 11) is 1.64. The fourth-order valence-corrected chi connectivity index (χ4v) is 3.98. The van der Waals surface area contributed by atoms with E-state index in [1.54, 1.807) is 7.11 Å². The van der Waals surface area contributed by atoms with Gasteiger partial charge in [0.05, 0.1) is 12.5 Å². The molecule has 0 spiro atoms. The van der Waals surface area contributed by atoms with Gasteiger partial charge < -0.3 is 15.8 Å². The monoisotopic (exact) mass is 390 g/mol. The summed E-state index contributed by atoms with van der Waals surface area (Å²) in [6.07, 6.45) is 1.49. The highest BCUT2D eigenvalue weighted by Crippen LogP contribution is 2.38. The maximum Gasteiger partial charge on any atom is 0.244 e. The summed E-state index contributed by atoms with van der Waals surface area (Å²) in [4.78, 5) is 21.7. The molecule has 2 aromatic heterocycles. The summed E-state index contributed by atoms with van der Waals surface area (Å²) in [5.74, 6) is 0.889. The molecule has 1 amide bonds. The number of fused-ring (bicyclic) bond motifs is 1. The Morgan fingerprint density at radius 2 is 1.86 bits per heavy atom. The zero-order valence-corrected chi connectivity index (χ0v) is 15.9. The Morgan fingerprint density at radius 1 is 1.11 bits per heavy atom. The van der Waals surface area contributed by atoms with Crippen molar-refractivity contribution >= 4 is 33.3 Å². The van der Waals surface area contributed by atoms with Gasteiger partial charge in [-0.1, -0.05) is 42.5 Å². The number of thiophene rings is 1. The van der Waals surface area contributed by atoms with E-state index in [1.807, 2.05) is 60.0 Å². The van der Waals surface area contributed by atoms with Crippen LogP contribution in [0.15, 0.2) is 66.3 Å². The number of carbonyl (C=O) groups excluding carboxylic acids is 1. The summed E-state index contributed by atoms with van der Waals surface area (Å²) in [6.45, 7) is 0. The van der Waals surface area contributed by atoms with Crippen LogP contribution < -0.4 is 15.8 Å². The fourth-order valence-electron chi connectivity index (χ4n) is 3.07. The Balaban J connectivity index is 1.79. The van der Waals surface area contributed by atoms with E-state index in [0.717, 1.165) is 32.7 Å². The van der Waals surface area contributed by atoms with Crippen LogP contribution in [0, 0.1) is 0 Å². The summed E-state index contributed by atoms with van der Waals surface area (Å²) in [5, 5.41) is 6.11. The summed E-state index contributed by atoms with van der Waals surface area (Å²) in [5.41, 5.74) is 8.44. The van der Waals surface area contributed by atoms with Crippen LogP contribution in [-0.4, -0.2) is 23.0 Å². The highest BCUT2D eigenvalue weighted by molar-refractivity contribution is 7.17. The van der Waals surface area contributed by atoms with Gasteiger partial charge in [0.1, 0.15) is 28.8 Å². The first-order valence-corrected chi connectivity index (χ1v) is 9.53. The lowest BCUT2D eigenvalue weighted by Crippen LogP contribution is -2.28. The van der Waals surface area contributed by atoms with Crippen molar-refractivity contribution in [2.75, 3.05) is 12.4 Å². The number of carbonyl (C=O) groups is 1. The fraction of sp³-hybridized carbons (Fsp3) is 0.0952. The van der Waals surface area contributed by atoms with E-state index < -0.39 is 11.9 Å². The number of nitrogens with two attached hydrogens (primary N) is 1. The Kier molecular flexibility index (Phi) is 4.90. The summed E-state index contributed by atoms with van der Waals surface area (Å²) < 4.78 is 5.24. The molecule has 6 nitrogen and oxygen atoms in total. The number of nitrogens with zero attached hydrogens (tertiary/aromatic N) is 2. The van der Waals surface area contributed by atoms with Crippen molar-refractivity contribution in [2.45, 2.75) is 6.04 Å². The molecule has 2 aromatic carbocycles. The van der Waals surface area contributed by atoms with Gasteiger partial charge in [-0.2, -0.15) is 0 Å². The second kappa shape index (κ2) is 7.66. The van der Waals surface area contributed by atoms with E-state index in [-0.39, 0.29) is 0 Å². The number of nitrogens with one attached hydrogen (secondary N) is 1.